The van der Waals surface area contributed by atoms with Crippen molar-refractivity contribution in [1.29, 1.82) is 5.41 Å². The van der Waals surface area contributed by atoms with E-state index in [1.807, 2.05) is 46.0 Å². The third-order valence-electron chi connectivity index (χ3n) is 1.68. The van der Waals surface area contributed by atoms with Gasteiger partial charge in [-0.25, -0.2) is 0 Å². The Hall–Kier alpha value is -1.02. The lowest BCUT2D eigenvalue weighted by Crippen LogP contribution is -1.98. The average Bonchev–Trinajstić information content (AvgIpc) is 2.20. The smallest absolute Gasteiger partial charge is 0.130 e. The van der Waals surface area contributed by atoms with E-state index in [1.165, 1.54) is 0 Å². The van der Waals surface area contributed by atoms with Crippen LogP contribution in [-0.4, -0.2) is 12.2 Å². The largest absolute Gasteiger partial charge is 0.388 e. The zero-order valence-electron chi connectivity index (χ0n) is 9.11. The maximum absolute atomic E-state index is 7.28. The summed E-state index contributed by atoms with van der Waals surface area (Å²) >= 11 is 5.58. The lowest BCUT2D eigenvalue weighted by molar-refractivity contribution is 1.41. The molecule has 0 saturated carbocycles. The molecule has 14 heavy (non-hydrogen) atoms. The molecule has 0 unspecified atom stereocenters. The van der Waals surface area contributed by atoms with Crippen molar-refractivity contribution in [2.24, 2.45) is 0 Å². The first-order valence-corrected chi connectivity index (χ1v) is 5.05. The number of halogens is 1. The third kappa shape index (κ3) is 3.38. The summed E-state index contributed by atoms with van der Waals surface area (Å²) in [5.74, 6) is 0. The van der Waals surface area contributed by atoms with Crippen molar-refractivity contribution < 1.29 is 0 Å². The molecule has 2 N–H and O–H groups in total. The van der Waals surface area contributed by atoms with E-state index < -0.39 is 0 Å². The molecule has 3 heteroatoms. The molecule has 2 nitrogen and oxygen atoms in total. The predicted molar refractivity (Wildman–Crippen MR) is 64.8 cm³/mol. The van der Waals surface area contributed by atoms with Crippen LogP contribution in [0.2, 0.25) is 0 Å². The van der Waals surface area contributed by atoms with Gasteiger partial charge in [-0.05, 0) is 24.6 Å². The molecule has 0 amide bonds. The average molecular weight is 213 g/mol. The van der Waals surface area contributed by atoms with Gasteiger partial charge in [0.25, 0.3) is 0 Å². The summed E-state index contributed by atoms with van der Waals surface area (Å²) in [6, 6.07) is 5.75. The summed E-state index contributed by atoms with van der Waals surface area (Å²) in [7, 11) is 1.82. The van der Waals surface area contributed by atoms with E-state index in [2.05, 4.69) is 5.32 Å². The molecule has 0 aliphatic rings. The fourth-order valence-corrected chi connectivity index (χ4v) is 1.22. The molecule has 1 rings (SSSR count). The molecule has 0 atom stereocenters. The molecule has 0 spiro atoms. The Morgan fingerprint density at radius 2 is 1.93 bits per heavy atom. The molecule has 0 heterocycles. The second-order valence-electron chi connectivity index (χ2n) is 2.61. The number of benzene rings is 1. The van der Waals surface area contributed by atoms with Crippen LogP contribution >= 0.6 is 11.6 Å². The Labute approximate surface area is 90.8 Å². The first kappa shape index (κ1) is 13.0. The van der Waals surface area contributed by atoms with Gasteiger partial charge in [-0.1, -0.05) is 31.5 Å². The van der Waals surface area contributed by atoms with Crippen molar-refractivity contribution in [1.82, 2.24) is 0 Å². The van der Waals surface area contributed by atoms with Gasteiger partial charge in [0.05, 0.1) is 0 Å². The van der Waals surface area contributed by atoms with Gasteiger partial charge in [0.1, 0.15) is 5.17 Å². The van der Waals surface area contributed by atoms with Crippen molar-refractivity contribution in [3.8, 4) is 0 Å². The number of hydrogen-bond donors (Lipinski definition) is 2. The van der Waals surface area contributed by atoms with E-state index >= 15 is 0 Å². The number of hydrogen-bond acceptors (Lipinski definition) is 2. The van der Waals surface area contributed by atoms with E-state index in [0.717, 1.165) is 16.8 Å². The minimum Gasteiger partial charge on any atom is -0.388 e. The topological polar surface area (TPSA) is 35.9 Å². The summed E-state index contributed by atoms with van der Waals surface area (Å²) in [6.45, 7) is 6.00. The zero-order chi connectivity index (χ0) is 11.1. The van der Waals surface area contributed by atoms with Gasteiger partial charge in [0.15, 0.2) is 0 Å². The Kier molecular flexibility index (Phi) is 5.97. The second kappa shape index (κ2) is 6.44. The molecule has 0 saturated heterocycles. The highest BCUT2D eigenvalue weighted by molar-refractivity contribution is 6.69. The first-order chi connectivity index (χ1) is 6.65. The molecular weight excluding hydrogens is 196 g/mol. The quantitative estimate of drug-likeness (QED) is 0.722. The normalized spacial score (nSPS) is 8.64. The number of nitrogens with one attached hydrogen (secondary N) is 2. The highest BCUT2D eigenvalue weighted by atomic mass is 35.5. The lowest BCUT2D eigenvalue weighted by atomic mass is 10.1. The summed E-state index contributed by atoms with van der Waals surface area (Å²) in [5, 5.41) is 10.3. The van der Waals surface area contributed by atoms with Crippen LogP contribution < -0.4 is 5.32 Å². The van der Waals surface area contributed by atoms with Gasteiger partial charge >= 0.3 is 0 Å². The van der Waals surface area contributed by atoms with Gasteiger partial charge in [-0.2, -0.15) is 0 Å². The number of aryl methyl sites for hydroxylation is 1. The molecule has 0 aromatic heterocycles. The van der Waals surface area contributed by atoms with Crippen LogP contribution in [0, 0.1) is 12.3 Å². The van der Waals surface area contributed by atoms with Crippen LogP contribution in [0.3, 0.4) is 0 Å². The highest BCUT2D eigenvalue weighted by Gasteiger charge is 2.03. The van der Waals surface area contributed by atoms with Gasteiger partial charge in [-0.15, -0.1) is 0 Å². The first-order valence-electron chi connectivity index (χ1n) is 4.68. The number of anilines is 1. The molecule has 0 radical (unpaired) electrons. The Balaban J connectivity index is 0.000000791. The highest BCUT2D eigenvalue weighted by Crippen LogP contribution is 2.18. The monoisotopic (exact) mass is 212 g/mol. The van der Waals surface area contributed by atoms with Gasteiger partial charge in [0, 0.05) is 18.3 Å². The van der Waals surface area contributed by atoms with Crippen LogP contribution in [-0.2, 0) is 0 Å². The fraction of sp³-hybridized carbons (Fsp3) is 0.364. The standard InChI is InChI=1S/C9H11ClN2.C2H6/c1-6-3-4-7(9(10)11)8(5-6)12-2;1-2/h3-5,11-12H,1-2H3;1-2H3. The molecule has 78 valence electrons. The SMILES string of the molecule is CC.CNc1cc(C)ccc1C(=N)Cl. The molecule has 1 aromatic rings. The molecule has 0 aliphatic carbocycles. The molecule has 0 fully saturated rings. The van der Waals surface area contributed by atoms with Crippen LogP contribution in [0.5, 0.6) is 0 Å². The lowest BCUT2D eigenvalue weighted by Gasteiger charge is -2.06. The van der Waals surface area contributed by atoms with E-state index in [-0.39, 0.29) is 5.17 Å². The van der Waals surface area contributed by atoms with Crippen molar-refractivity contribution >= 4 is 22.5 Å². The predicted octanol–water partition coefficient (Wildman–Crippen LogP) is 3.63. The maximum atomic E-state index is 7.28. The van der Waals surface area contributed by atoms with E-state index in [1.54, 1.807) is 0 Å². The Morgan fingerprint density at radius 3 is 2.36 bits per heavy atom. The van der Waals surface area contributed by atoms with Crippen molar-refractivity contribution in [2.75, 3.05) is 12.4 Å². The summed E-state index contributed by atoms with van der Waals surface area (Å²) in [5.41, 5.74) is 2.79. The molecule has 1 aromatic carbocycles. The fourth-order valence-electron chi connectivity index (χ4n) is 1.06. The second-order valence-corrected chi connectivity index (χ2v) is 2.99. The van der Waals surface area contributed by atoms with Gasteiger partial charge < -0.3 is 5.32 Å². The number of rotatable bonds is 2. The molecular formula is C11H17ClN2. The van der Waals surface area contributed by atoms with Crippen molar-refractivity contribution in [3.05, 3.63) is 29.3 Å². The van der Waals surface area contributed by atoms with E-state index in [4.69, 9.17) is 17.0 Å². The minimum atomic E-state index is 0.0688. The molecule has 0 bridgehead atoms. The summed E-state index contributed by atoms with van der Waals surface area (Å²) in [4.78, 5) is 0. The van der Waals surface area contributed by atoms with Crippen molar-refractivity contribution in [3.63, 3.8) is 0 Å². The van der Waals surface area contributed by atoms with Gasteiger partial charge in [0.2, 0.25) is 0 Å². The summed E-state index contributed by atoms with van der Waals surface area (Å²) in [6.07, 6.45) is 0. The van der Waals surface area contributed by atoms with E-state index in [9.17, 15) is 0 Å². The van der Waals surface area contributed by atoms with Crippen LogP contribution in [0.25, 0.3) is 0 Å². The third-order valence-corrected chi connectivity index (χ3v) is 1.88. The Morgan fingerprint density at radius 1 is 1.36 bits per heavy atom. The van der Waals surface area contributed by atoms with Gasteiger partial charge in [-0.3, -0.25) is 5.41 Å². The zero-order valence-corrected chi connectivity index (χ0v) is 9.87. The minimum absolute atomic E-state index is 0.0688. The van der Waals surface area contributed by atoms with Crippen LogP contribution in [0.15, 0.2) is 18.2 Å². The maximum Gasteiger partial charge on any atom is 0.130 e. The summed E-state index contributed by atoms with van der Waals surface area (Å²) < 4.78 is 0. The van der Waals surface area contributed by atoms with Crippen molar-refractivity contribution in [2.45, 2.75) is 20.8 Å². The van der Waals surface area contributed by atoms with E-state index in [0.29, 0.717) is 0 Å². The van der Waals surface area contributed by atoms with Crippen LogP contribution in [0.4, 0.5) is 5.69 Å². The van der Waals surface area contributed by atoms with Crippen LogP contribution in [0.1, 0.15) is 25.0 Å². The molecule has 0 aliphatic heterocycles. The Bertz CT molecular complexity index is 308.